The SMILES string of the molecule is CONc1ccccc1Cc1nc2c(cnn2C2CCC(F)(F)CC2)c(=O)[nH]1. The molecule has 0 atom stereocenters. The molecule has 2 N–H and O–H groups in total. The monoisotopic (exact) mass is 389 g/mol. The van der Waals surface area contributed by atoms with Gasteiger partial charge in [-0.15, -0.1) is 0 Å². The van der Waals surface area contributed by atoms with E-state index in [0.29, 0.717) is 36.1 Å². The van der Waals surface area contributed by atoms with Gasteiger partial charge in [-0.3, -0.25) is 15.1 Å². The zero-order valence-electron chi connectivity index (χ0n) is 15.4. The molecule has 2 heterocycles. The predicted octanol–water partition coefficient (Wildman–Crippen LogP) is 3.43. The molecule has 9 heteroatoms. The fourth-order valence-electron chi connectivity index (χ4n) is 3.67. The summed E-state index contributed by atoms with van der Waals surface area (Å²) in [5, 5.41) is 4.64. The van der Waals surface area contributed by atoms with Crippen LogP contribution in [-0.2, 0) is 11.3 Å². The van der Waals surface area contributed by atoms with Crippen molar-refractivity contribution in [3.05, 3.63) is 52.2 Å². The van der Waals surface area contributed by atoms with E-state index in [9.17, 15) is 13.6 Å². The Hall–Kier alpha value is -2.81. The Balaban J connectivity index is 1.67. The summed E-state index contributed by atoms with van der Waals surface area (Å²) in [4.78, 5) is 24.9. The molecule has 4 rings (SSSR count). The van der Waals surface area contributed by atoms with E-state index in [4.69, 9.17) is 4.84 Å². The van der Waals surface area contributed by atoms with E-state index in [0.717, 1.165) is 11.3 Å². The lowest BCUT2D eigenvalue weighted by molar-refractivity contribution is -0.0446. The maximum Gasteiger partial charge on any atom is 0.262 e. The molecule has 0 spiro atoms. The van der Waals surface area contributed by atoms with Gasteiger partial charge in [0, 0.05) is 19.3 Å². The number of aromatic amines is 1. The lowest BCUT2D eigenvalue weighted by atomic mass is 9.92. The number of para-hydroxylation sites is 1. The van der Waals surface area contributed by atoms with Crippen molar-refractivity contribution in [1.29, 1.82) is 0 Å². The van der Waals surface area contributed by atoms with Crippen molar-refractivity contribution in [1.82, 2.24) is 19.7 Å². The topological polar surface area (TPSA) is 84.8 Å². The zero-order chi connectivity index (χ0) is 19.7. The van der Waals surface area contributed by atoms with Gasteiger partial charge in [-0.1, -0.05) is 18.2 Å². The maximum atomic E-state index is 13.5. The fraction of sp³-hybridized carbons (Fsp3) is 0.421. The van der Waals surface area contributed by atoms with Gasteiger partial charge in [-0.25, -0.2) is 18.4 Å². The van der Waals surface area contributed by atoms with E-state index < -0.39 is 5.92 Å². The van der Waals surface area contributed by atoms with Gasteiger partial charge < -0.3 is 4.98 Å². The summed E-state index contributed by atoms with van der Waals surface area (Å²) in [6, 6.07) is 7.35. The quantitative estimate of drug-likeness (QED) is 0.653. The van der Waals surface area contributed by atoms with E-state index in [1.807, 2.05) is 24.3 Å². The Kier molecular flexibility index (Phi) is 4.84. The number of nitrogens with zero attached hydrogens (tertiary/aromatic N) is 3. The van der Waals surface area contributed by atoms with E-state index in [-0.39, 0.29) is 24.4 Å². The first-order valence-electron chi connectivity index (χ1n) is 9.18. The summed E-state index contributed by atoms with van der Waals surface area (Å²) in [7, 11) is 1.52. The van der Waals surface area contributed by atoms with Crippen molar-refractivity contribution in [2.24, 2.45) is 0 Å². The first-order valence-corrected chi connectivity index (χ1v) is 9.18. The van der Waals surface area contributed by atoms with Crippen LogP contribution in [0.2, 0.25) is 0 Å². The minimum Gasteiger partial charge on any atom is -0.310 e. The summed E-state index contributed by atoms with van der Waals surface area (Å²) in [5.74, 6) is -2.14. The third kappa shape index (κ3) is 3.62. The molecule has 0 unspecified atom stereocenters. The van der Waals surface area contributed by atoms with Crippen LogP contribution in [0.4, 0.5) is 14.5 Å². The highest BCUT2D eigenvalue weighted by molar-refractivity contribution is 5.73. The van der Waals surface area contributed by atoms with Crippen LogP contribution in [0.3, 0.4) is 0 Å². The highest BCUT2D eigenvalue weighted by Crippen LogP contribution is 2.38. The Bertz CT molecular complexity index is 1040. The number of alkyl halides is 2. The Morgan fingerprint density at radius 3 is 2.82 bits per heavy atom. The van der Waals surface area contributed by atoms with Crippen molar-refractivity contribution in [2.45, 2.75) is 44.1 Å². The predicted molar refractivity (Wildman–Crippen MR) is 100 cm³/mol. The molecule has 0 radical (unpaired) electrons. The molecule has 1 aliphatic rings. The molecule has 1 saturated carbocycles. The number of hydrogen-bond acceptors (Lipinski definition) is 5. The van der Waals surface area contributed by atoms with Gasteiger partial charge >= 0.3 is 0 Å². The molecule has 148 valence electrons. The molecule has 0 bridgehead atoms. The number of H-pyrrole nitrogens is 1. The van der Waals surface area contributed by atoms with E-state index in [1.165, 1.54) is 13.3 Å². The number of hydrogen-bond donors (Lipinski definition) is 2. The van der Waals surface area contributed by atoms with Crippen molar-refractivity contribution >= 4 is 16.7 Å². The summed E-state index contributed by atoms with van der Waals surface area (Å²) >= 11 is 0. The van der Waals surface area contributed by atoms with Crippen LogP contribution < -0.4 is 11.0 Å². The molecular formula is C19H21F2N5O2. The Morgan fingerprint density at radius 2 is 2.07 bits per heavy atom. The molecule has 2 aromatic heterocycles. The van der Waals surface area contributed by atoms with Crippen LogP contribution >= 0.6 is 0 Å². The number of nitrogens with one attached hydrogen (secondary N) is 2. The zero-order valence-corrected chi connectivity index (χ0v) is 15.4. The first kappa shape index (κ1) is 18.5. The van der Waals surface area contributed by atoms with Gasteiger partial charge in [-0.2, -0.15) is 5.10 Å². The number of halogens is 2. The van der Waals surface area contributed by atoms with Gasteiger partial charge in [-0.05, 0) is 24.5 Å². The normalized spacial score (nSPS) is 17.1. The van der Waals surface area contributed by atoms with Gasteiger partial charge in [0.15, 0.2) is 5.65 Å². The van der Waals surface area contributed by atoms with Crippen LogP contribution in [0.15, 0.2) is 35.3 Å². The van der Waals surface area contributed by atoms with Crippen molar-refractivity contribution in [3.63, 3.8) is 0 Å². The molecule has 28 heavy (non-hydrogen) atoms. The largest absolute Gasteiger partial charge is 0.310 e. The Labute approximate surface area is 159 Å². The fourth-order valence-corrected chi connectivity index (χ4v) is 3.67. The minimum atomic E-state index is -2.62. The minimum absolute atomic E-state index is 0.175. The molecule has 1 fully saturated rings. The van der Waals surface area contributed by atoms with Crippen LogP contribution in [0.5, 0.6) is 0 Å². The Morgan fingerprint density at radius 1 is 1.32 bits per heavy atom. The molecule has 0 aliphatic heterocycles. The van der Waals surface area contributed by atoms with Gasteiger partial charge in [0.2, 0.25) is 5.92 Å². The molecule has 0 saturated heterocycles. The van der Waals surface area contributed by atoms with Crippen molar-refractivity contribution < 1.29 is 13.6 Å². The van der Waals surface area contributed by atoms with Crippen LogP contribution in [0, 0.1) is 0 Å². The smallest absolute Gasteiger partial charge is 0.262 e. The average molecular weight is 389 g/mol. The molecule has 3 aromatic rings. The lowest BCUT2D eigenvalue weighted by Gasteiger charge is -2.28. The van der Waals surface area contributed by atoms with Crippen LogP contribution in [0.25, 0.3) is 11.0 Å². The third-order valence-corrected chi connectivity index (χ3v) is 5.13. The summed E-state index contributed by atoms with van der Waals surface area (Å²) in [5.41, 5.74) is 4.63. The highest BCUT2D eigenvalue weighted by atomic mass is 19.3. The molecule has 0 amide bonds. The average Bonchev–Trinajstić information content (AvgIpc) is 3.08. The number of rotatable bonds is 5. The number of fused-ring (bicyclic) bond motifs is 1. The number of benzene rings is 1. The maximum absolute atomic E-state index is 13.5. The summed E-state index contributed by atoms with van der Waals surface area (Å²) < 4.78 is 28.6. The van der Waals surface area contributed by atoms with E-state index >= 15 is 0 Å². The highest BCUT2D eigenvalue weighted by Gasteiger charge is 2.36. The number of anilines is 1. The summed E-state index contributed by atoms with van der Waals surface area (Å²) in [6.45, 7) is 0. The summed E-state index contributed by atoms with van der Waals surface area (Å²) in [6.07, 6.45) is 2.11. The van der Waals surface area contributed by atoms with Crippen LogP contribution in [-0.4, -0.2) is 32.8 Å². The van der Waals surface area contributed by atoms with Crippen molar-refractivity contribution in [3.8, 4) is 0 Å². The third-order valence-electron chi connectivity index (χ3n) is 5.13. The number of aromatic nitrogens is 4. The van der Waals surface area contributed by atoms with E-state index in [2.05, 4.69) is 20.5 Å². The standard InChI is InChI=1S/C19H21F2N5O2/c1-28-25-15-5-3-2-4-12(15)10-16-23-17-14(18(27)24-16)11-22-26(17)13-6-8-19(20,21)9-7-13/h2-5,11,13,25H,6-10H2,1H3,(H,23,24,27). The second kappa shape index (κ2) is 7.31. The molecular weight excluding hydrogens is 368 g/mol. The van der Waals surface area contributed by atoms with Gasteiger partial charge in [0.1, 0.15) is 11.2 Å². The second-order valence-corrected chi connectivity index (χ2v) is 7.07. The molecule has 1 aliphatic carbocycles. The van der Waals surface area contributed by atoms with Gasteiger partial charge in [0.05, 0.1) is 25.0 Å². The van der Waals surface area contributed by atoms with E-state index in [1.54, 1.807) is 4.68 Å². The second-order valence-electron chi connectivity index (χ2n) is 7.07. The van der Waals surface area contributed by atoms with Crippen molar-refractivity contribution in [2.75, 3.05) is 12.6 Å². The lowest BCUT2D eigenvalue weighted by Crippen LogP contribution is -2.27. The van der Waals surface area contributed by atoms with Gasteiger partial charge in [0.25, 0.3) is 5.56 Å². The first-order chi connectivity index (χ1) is 13.5. The molecule has 1 aromatic carbocycles. The molecule has 7 nitrogen and oxygen atoms in total. The van der Waals surface area contributed by atoms with Crippen LogP contribution in [0.1, 0.15) is 43.1 Å².